The molecule has 0 aliphatic rings. The van der Waals surface area contributed by atoms with Crippen molar-refractivity contribution in [1.29, 1.82) is 0 Å². The lowest BCUT2D eigenvalue weighted by Gasteiger charge is -2.22. The van der Waals surface area contributed by atoms with Crippen LogP contribution in [0.5, 0.6) is 5.75 Å². The largest absolute Gasteiger partial charge is 0.495 e. The number of nitrogen functional groups attached to an aromatic ring is 1. The Morgan fingerprint density at radius 3 is 2.53 bits per heavy atom. The molecule has 1 aromatic rings. The van der Waals surface area contributed by atoms with Crippen LogP contribution in [-0.4, -0.2) is 33.1 Å². The fourth-order valence-corrected chi connectivity index (χ4v) is 2.86. The number of methoxy groups -OCH3 is 1. The van der Waals surface area contributed by atoms with E-state index < -0.39 is 10.0 Å². The van der Waals surface area contributed by atoms with E-state index in [2.05, 4.69) is 4.72 Å². The van der Waals surface area contributed by atoms with Crippen molar-refractivity contribution in [2.45, 2.75) is 23.5 Å². The SMILES string of the molecule is COc1ccc(S(=O)(=O)NCC(C)(C)SC)cc1N. The molecule has 0 heterocycles. The average Bonchev–Trinajstić information content (AvgIpc) is 2.36. The number of nitrogens with two attached hydrogens (primary N) is 1. The molecule has 0 radical (unpaired) electrons. The third-order valence-corrected chi connectivity index (χ3v) is 5.40. The van der Waals surface area contributed by atoms with Crippen molar-refractivity contribution in [2.24, 2.45) is 0 Å². The van der Waals surface area contributed by atoms with Gasteiger partial charge in [0, 0.05) is 11.3 Å². The van der Waals surface area contributed by atoms with Gasteiger partial charge in [-0.05, 0) is 38.3 Å². The van der Waals surface area contributed by atoms with Crippen LogP contribution in [0, 0.1) is 0 Å². The molecule has 0 fully saturated rings. The molecule has 0 atom stereocenters. The minimum absolute atomic E-state index is 0.141. The van der Waals surface area contributed by atoms with Gasteiger partial charge in [0.25, 0.3) is 0 Å². The van der Waals surface area contributed by atoms with Gasteiger partial charge in [0.15, 0.2) is 0 Å². The lowest BCUT2D eigenvalue weighted by Crippen LogP contribution is -2.36. The monoisotopic (exact) mass is 304 g/mol. The van der Waals surface area contributed by atoms with E-state index in [1.807, 2.05) is 20.1 Å². The lowest BCUT2D eigenvalue weighted by molar-refractivity contribution is 0.416. The molecule has 0 saturated carbocycles. The first-order chi connectivity index (χ1) is 8.72. The smallest absolute Gasteiger partial charge is 0.240 e. The number of nitrogens with one attached hydrogen (secondary N) is 1. The molecule has 0 aliphatic carbocycles. The second kappa shape index (κ2) is 6.02. The molecule has 3 N–H and O–H groups in total. The van der Waals surface area contributed by atoms with E-state index in [0.29, 0.717) is 18.0 Å². The van der Waals surface area contributed by atoms with Crippen molar-refractivity contribution in [3.05, 3.63) is 18.2 Å². The first kappa shape index (κ1) is 16.1. The molecule has 0 aliphatic heterocycles. The van der Waals surface area contributed by atoms with E-state index in [-0.39, 0.29) is 9.64 Å². The van der Waals surface area contributed by atoms with E-state index in [9.17, 15) is 8.42 Å². The molecule has 108 valence electrons. The molecular formula is C12H20N2O3S2. The highest BCUT2D eigenvalue weighted by molar-refractivity contribution is 8.00. The first-order valence-corrected chi connectivity index (χ1v) is 8.41. The summed E-state index contributed by atoms with van der Waals surface area (Å²) in [6.45, 7) is 4.30. The summed E-state index contributed by atoms with van der Waals surface area (Å²) in [6, 6.07) is 4.42. The normalized spacial score (nSPS) is 12.4. The van der Waals surface area contributed by atoms with Crippen molar-refractivity contribution in [3.8, 4) is 5.75 Å². The van der Waals surface area contributed by atoms with Crippen molar-refractivity contribution < 1.29 is 13.2 Å². The Balaban J connectivity index is 2.92. The molecule has 0 aromatic heterocycles. The summed E-state index contributed by atoms with van der Waals surface area (Å²) >= 11 is 1.60. The van der Waals surface area contributed by atoms with Crippen molar-refractivity contribution in [2.75, 3.05) is 25.6 Å². The molecule has 7 heteroatoms. The van der Waals surface area contributed by atoms with Crippen molar-refractivity contribution in [3.63, 3.8) is 0 Å². The van der Waals surface area contributed by atoms with Crippen LogP contribution in [0.15, 0.2) is 23.1 Å². The van der Waals surface area contributed by atoms with Crippen LogP contribution in [-0.2, 0) is 10.0 Å². The fraction of sp³-hybridized carbons (Fsp3) is 0.500. The summed E-state index contributed by atoms with van der Waals surface area (Å²) in [5, 5.41) is 0. The van der Waals surface area contributed by atoms with Crippen LogP contribution < -0.4 is 15.2 Å². The summed E-state index contributed by atoms with van der Waals surface area (Å²) in [5.74, 6) is 0.461. The van der Waals surface area contributed by atoms with Crippen molar-refractivity contribution >= 4 is 27.5 Å². The Bertz CT molecular complexity index is 542. The summed E-state index contributed by atoms with van der Waals surface area (Å²) in [4.78, 5) is 0.141. The molecule has 0 amide bonds. The number of thioether (sulfide) groups is 1. The van der Waals surface area contributed by atoms with Gasteiger partial charge in [-0.1, -0.05) is 0 Å². The van der Waals surface area contributed by atoms with Gasteiger partial charge in [-0.15, -0.1) is 0 Å². The van der Waals surface area contributed by atoms with E-state index in [4.69, 9.17) is 10.5 Å². The number of ether oxygens (including phenoxy) is 1. The predicted octanol–water partition coefficient (Wildman–Crippen LogP) is 1.70. The quantitative estimate of drug-likeness (QED) is 0.782. The molecule has 0 saturated heterocycles. The minimum Gasteiger partial charge on any atom is -0.495 e. The highest BCUT2D eigenvalue weighted by Crippen LogP contribution is 2.25. The molecule has 0 spiro atoms. The molecular weight excluding hydrogens is 284 g/mol. The maximum atomic E-state index is 12.1. The second-order valence-corrected chi connectivity index (χ2v) is 7.97. The maximum Gasteiger partial charge on any atom is 0.240 e. The zero-order valence-electron chi connectivity index (χ0n) is 11.6. The van der Waals surface area contributed by atoms with Crippen molar-refractivity contribution in [1.82, 2.24) is 4.72 Å². The van der Waals surface area contributed by atoms with Gasteiger partial charge < -0.3 is 10.5 Å². The Morgan fingerprint density at radius 1 is 1.42 bits per heavy atom. The minimum atomic E-state index is -3.55. The highest BCUT2D eigenvalue weighted by atomic mass is 32.2. The van der Waals surface area contributed by atoms with Gasteiger partial charge in [0.2, 0.25) is 10.0 Å². The van der Waals surface area contributed by atoms with Gasteiger partial charge in [0.05, 0.1) is 17.7 Å². The van der Waals surface area contributed by atoms with E-state index in [0.717, 1.165) is 0 Å². The van der Waals surface area contributed by atoms with Crippen LogP contribution >= 0.6 is 11.8 Å². The predicted molar refractivity (Wildman–Crippen MR) is 80.2 cm³/mol. The summed E-state index contributed by atoms with van der Waals surface area (Å²) < 4.78 is 31.7. The standard InChI is InChI=1S/C12H20N2O3S2/c1-12(2,18-4)8-14-19(15,16)9-5-6-11(17-3)10(13)7-9/h5-7,14H,8,13H2,1-4H3. The Hall–Kier alpha value is -0.920. The average molecular weight is 304 g/mol. The molecule has 0 bridgehead atoms. The lowest BCUT2D eigenvalue weighted by atomic mass is 10.2. The summed E-state index contributed by atoms with van der Waals surface area (Å²) in [6.07, 6.45) is 1.94. The zero-order valence-corrected chi connectivity index (χ0v) is 13.2. The van der Waals surface area contributed by atoms with E-state index in [1.54, 1.807) is 17.8 Å². The molecule has 1 aromatic carbocycles. The Labute approximate surface area is 119 Å². The number of anilines is 1. The van der Waals surface area contributed by atoms with E-state index >= 15 is 0 Å². The van der Waals surface area contributed by atoms with Crippen LogP contribution in [0.4, 0.5) is 5.69 Å². The maximum absolute atomic E-state index is 12.1. The van der Waals surface area contributed by atoms with Gasteiger partial charge in [-0.3, -0.25) is 0 Å². The third kappa shape index (κ3) is 4.29. The van der Waals surface area contributed by atoms with Gasteiger partial charge in [0.1, 0.15) is 5.75 Å². The number of hydrogen-bond donors (Lipinski definition) is 2. The molecule has 19 heavy (non-hydrogen) atoms. The second-order valence-electron chi connectivity index (χ2n) is 4.69. The Morgan fingerprint density at radius 2 is 2.05 bits per heavy atom. The number of rotatable bonds is 6. The number of benzene rings is 1. The van der Waals surface area contributed by atoms with E-state index in [1.165, 1.54) is 19.2 Å². The summed E-state index contributed by atoms with van der Waals surface area (Å²) in [5.41, 5.74) is 6.02. The van der Waals surface area contributed by atoms with Crippen LogP contribution in [0.1, 0.15) is 13.8 Å². The third-order valence-electron chi connectivity index (χ3n) is 2.75. The highest BCUT2D eigenvalue weighted by Gasteiger charge is 2.21. The number of sulfonamides is 1. The van der Waals surface area contributed by atoms with Gasteiger partial charge in [-0.2, -0.15) is 11.8 Å². The van der Waals surface area contributed by atoms with Gasteiger partial charge in [-0.25, -0.2) is 13.1 Å². The topological polar surface area (TPSA) is 81.4 Å². The van der Waals surface area contributed by atoms with Crippen LogP contribution in [0.3, 0.4) is 0 Å². The molecule has 0 unspecified atom stereocenters. The molecule has 5 nitrogen and oxygen atoms in total. The number of hydrogen-bond acceptors (Lipinski definition) is 5. The fourth-order valence-electron chi connectivity index (χ4n) is 1.30. The molecule has 1 rings (SSSR count). The summed E-state index contributed by atoms with van der Waals surface area (Å²) in [7, 11) is -2.06. The zero-order chi connectivity index (χ0) is 14.7. The van der Waals surface area contributed by atoms with Crippen LogP contribution in [0.25, 0.3) is 0 Å². The van der Waals surface area contributed by atoms with Gasteiger partial charge >= 0.3 is 0 Å². The first-order valence-electron chi connectivity index (χ1n) is 5.70. The Kier molecular flexibility index (Phi) is 5.11. The van der Waals surface area contributed by atoms with Crippen LogP contribution in [0.2, 0.25) is 0 Å².